The molecule has 0 aliphatic rings. The number of carbonyl (C=O) groups is 3. The van der Waals surface area contributed by atoms with Crippen molar-refractivity contribution in [1.82, 2.24) is 10.2 Å². The molecule has 0 saturated carbocycles. The van der Waals surface area contributed by atoms with Gasteiger partial charge >= 0.3 is 0 Å². The quantitative estimate of drug-likeness (QED) is 0.605. The van der Waals surface area contributed by atoms with E-state index in [2.05, 4.69) is 5.32 Å². The lowest BCUT2D eigenvalue weighted by molar-refractivity contribution is -0.140. The number of likely N-dealkylation sites (N-methyl/N-ethyl adjacent to an activating group) is 2. The number of nitrogens with two attached hydrogens (primary N) is 1. The van der Waals surface area contributed by atoms with Gasteiger partial charge in [0.1, 0.15) is 6.04 Å². The average Bonchev–Trinajstić information content (AvgIpc) is 2.59. The fourth-order valence-corrected chi connectivity index (χ4v) is 2.40. The fourth-order valence-electron chi connectivity index (χ4n) is 2.40. The Hall–Kier alpha value is -2.64. The molecule has 1 rings (SSSR count). The van der Waals surface area contributed by atoms with Crippen LogP contribution in [0.4, 0.5) is 4.39 Å². The average molecular weight is 367 g/mol. The van der Waals surface area contributed by atoms with Crippen molar-refractivity contribution >= 4 is 17.7 Å². The van der Waals surface area contributed by atoms with Crippen molar-refractivity contribution in [3.63, 3.8) is 0 Å². The summed E-state index contributed by atoms with van der Waals surface area (Å²) in [7, 11) is 2.89. The van der Waals surface area contributed by atoms with E-state index in [0.29, 0.717) is 12.8 Å². The Balaban J connectivity index is 2.42. The summed E-state index contributed by atoms with van der Waals surface area (Å²) in [5.74, 6) is -1.62. The van der Waals surface area contributed by atoms with Crippen molar-refractivity contribution in [1.29, 1.82) is 0 Å². The first-order chi connectivity index (χ1) is 12.3. The molecule has 0 aromatic heterocycles. The molecule has 0 aliphatic carbocycles. The van der Waals surface area contributed by atoms with Gasteiger partial charge in [-0.2, -0.15) is 0 Å². The van der Waals surface area contributed by atoms with Crippen LogP contribution in [-0.4, -0.2) is 49.4 Å². The maximum Gasteiger partial charge on any atom is 0.243 e. The number of aryl methyl sites for hydroxylation is 1. The van der Waals surface area contributed by atoms with E-state index in [1.165, 1.54) is 25.1 Å². The monoisotopic (exact) mass is 367 g/mol. The highest BCUT2D eigenvalue weighted by atomic mass is 19.1. The second-order valence-electron chi connectivity index (χ2n) is 6.04. The lowest BCUT2D eigenvalue weighted by atomic mass is 10.1. The van der Waals surface area contributed by atoms with Gasteiger partial charge in [-0.05, 0) is 37.5 Å². The summed E-state index contributed by atoms with van der Waals surface area (Å²) in [6.45, 7) is 2.07. The van der Waals surface area contributed by atoms with E-state index in [1.54, 1.807) is 19.1 Å². The molecule has 26 heavy (non-hydrogen) atoms. The molecule has 0 heterocycles. The molecule has 1 aromatic carbocycles. The summed E-state index contributed by atoms with van der Waals surface area (Å²) in [6.07, 6.45) is 1.00. The van der Waals surface area contributed by atoms with Gasteiger partial charge in [0, 0.05) is 20.5 Å². The Morgan fingerprint density at radius 2 is 2.00 bits per heavy atom. The molecule has 8 heteroatoms. The fraction of sp³-hybridized carbons (Fsp3) is 0.500. The highest BCUT2D eigenvalue weighted by molar-refractivity contribution is 5.91. The molecule has 0 bridgehead atoms. The topological polar surface area (TPSA) is 102 Å². The van der Waals surface area contributed by atoms with Crippen molar-refractivity contribution < 1.29 is 23.5 Å². The number of benzene rings is 1. The summed E-state index contributed by atoms with van der Waals surface area (Å²) in [5.41, 5.74) is 5.95. The summed E-state index contributed by atoms with van der Waals surface area (Å²) < 4.78 is 19.0. The molecule has 0 saturated heterocycles. The molecular formula is C18H26FN3O4. The van der Waals surface area contributed by atoms with E-state index in [0.717, 1.165) is 5.56 Å². The Morgan fingerprint density at radius 1 is 1.31 bits per heavy atom. The van der Waals surface area contributed by atoms with Crippen LogP contribution in [-0.2, 0) is 14.4 Å². The number of hydrogen-bond donors (Lipinski definition) is 2. The van der Waals surface area contributed by atoms with Gasteiger partial charge in [-0.25, -0.2) is 4.39 Å². The van der Waals surface area contributed by atoms with E-state index in [-0.39, 0.29) is 31.1 Å². The van der Waals surface area contributed by atoms with Gasteiger partial charge in [-0.1, -0.05) is 6.07 Å². The molecule has 144 valence electrons. The summed E-state index contributed by atoms with van der Waals surface area (Å²) >= 11 is 0. The van der Waals surface area contributed by atoms with Crippen molar-refractivity contribution in [3.8, 4) is 5.75 Å². The van der Waals surface area contributed by atoms with Crippen molar-refractivity contribution in [2.45, 2.75) is 38.6 Å². The molecular weight excluding hydrogens is 341 g/mol. The number of halogens is 1. The second kappa shape index (κ2) is 10.4. The lowest BCUT2D eigenvalue weighted by Crippen LogP contribution is -2.48. The van der Waals surface area contributed by atoms with Crippen molar-refractivity contribution in [2.24, 2.45) is 5.73 Å². The predicted molar refractivity (Wildman–Crippen MR) is 94.9 cm³/mol. The van der Waals surface area contributed by atoms with Crippen LogP contribution >= 0.6 is 0 Å². The first-order valence-corrected chi connectivity index (χ1v) is 8.40. The molecule has 0 fully saturated rings. The van der Waals surface area contributed by atoms with Gasteiger partial charge in [-0.15, -0.1) is 0 Å². The van der Waals surface area contributed by atoms with E-state index < -0.39 is 23.7 Å². The van der Waals surface area contributed by atoms with Crippen LogP contribution in [0.5, 0.6) is 5.75 Å². The van der Waals surface area contributed by atoms with E-state index >= 15 is 0 Å². The third-order valence-corrected chi connectivity index (χ3v) is 3.93. The molecule has 0 aliphatic heterocycles. The molecule has 1 atom stereocenters. The van der Waals surface area contributed by atoms with Gasteiger partial charge < -0.3 is 20.7 Å². The zero-order valence-electron chi connectivity index (χ0n) is 15.4. The first-order valence-electron chi connectivity index (χ1n) is 8.40. The number of carbonyl (C=O) groups excluding carboxylic acids is 3. The SMILES string of the molecule is CNC(=O)C(CC(N)=O)N(C)C(=O)CCCCOc1ccc(C)cc1F. The first kappa shape index (κ1) is 21.4. The third kappa shape index (κ3) is 6.70. The van der Waals surface area contributed by atoms with Crippen LogP contribution in [0.3, 0.4) is 0 Å². The van der Waals surface area contributed by atoms with Gasteiger partial charge in [0.05, 0.1) is 13.0 Å². The third-order valence-electron chi connectivity index (χ3n) is 3.93. The highest BCUT2D eigenvalue weighted by Crippen LogP contribution is 2.18. The number of hydrogen-bond acceptors (Lipinski definition) is 4. The zero-order valence-corrected chi connectivity index (χ0v) is 15.4. The summed E-state index contributed by atoms with van der Waals surface area (Å²) in [5, 5.41) is 2.41. The maximum atomic E-state index is 13.6. The number of primary amides is 1. The van der Waals surface area contributed by atoms with Crippen LogP contribution in [0.15, 0.2) is 18.2 Å². The Kier molecular flexibility index (Phi) is 8.54. The van der Waals surface area contributed by atoms with Crippen LogP contribution in [0, 0.1) is 12.7 Å². The lowest BCUT2D eigenvalue weighted by Gasteiger charge is -2.26. The van der Waals surface area contributed by atoms with Crippen LogP contribution < -0.4 is 15.8 Å². The zero-order chi connectivity index (χ0) is 19.7. The number of ether oxygens (including phenoxy) is 1. The highest BCUT2D eigenvalue weighted by Gasteiger charge is 2.27. The minimum Gasteiger partial charge on any atom is -0.491 e. The Labute approximate surface area is 152 Å². The predicted octanol–water partition coefficient (Wildman–Crippen LogP) is 1.13. The second-order valence-corrected chi connectivity index (χ2v) is 6.04. The van der Waals surface area contributed by atoms with Gasteiger partial charge in [0.15, 0.2) is 11.6 Å². The smallest absolute Gasteiger partial charge is 0.243 e. The van der Waals surface area contributed by atoms with Gasteiger partial charge in [0.25, 0.3) is 0 Å². The van der Waals surface area contributed by atoms with Gasteiger partial charge in [0.2, 0.25) is 17.7 Å². The molecule has 7 nitrogen and oxygen atoms in total. The Bertz CT molecular complexity index is 651. The number of rotatable bonds is 10. The standard InChI is InChI=1S/C18H26FN3O4/c1-12-7-8-15(13(19)10-12)26-9-5-4-6-17(24)22(3)14(11-16(20)23)18(25)21-2/h7-8,10,14H,4-6,9,11H2,1-3H3,(H2,20,23)(H,21,25). The summed E-state index contributed by atoms with van der Waals surface area (Å²) in [4.78, 5) is 36.3. The molecule has 3 amide bonds. The van der Waals surface area contributed by atoms with Gasteiger partial charge in [-0.3, -0.25) is 14.4 Å². The minimum absolute atomic E-state index is 0.181. The van der Waals surface area contributed by atoms with Crippen molar-refractivity contribution in [3.05, 3.63) is 29.6 Å². The summed E-state index contributed by atoms with van der Waals surface area (Å²) in [6, 6.07) is 3.80. The van der Waals surface area contributed by atoms with E-state index in [4.69, 9.17) is 10.5 Å². The number of nitrogens with zero attached hydrogens (tertiary/aromatic N) is 1. The molecule has 0 spiro atoms. The molecule has 0 radical (unpaired) electrons. The number of nitrogens with one attached hydrogen (secondary N) is 1. The van der Waals surface area contributed by atoms with E-state index in [9.17, 15) is 18.8 Å². The van der Waals surface area contributed by atoms with E-state index in [1.807, 2.05) is 0 Å². The Morgan fingerprint density at radius 3 is 2.58 bits per heavy atom. The molecule has 1 unspecified atom stereocenters. The van der Waals surface area contributed by atoms with Crippen molar-refractivity contribution in [2.75, 3.05) is 20.7 Å². The van der Waals surface area contributed by atoms with Crippen LogP contribution in [0.25, 0.3) is 0 Å². The molecule has 3 N–H and O–H groups in total. The minimum atomic E-state index is -0.928. The molecule has 1 aromatic rings. The number of unbranched alkanes of at least 4 members (excludes halogenated alkanes) is 1. The van der Waals surface area contributed by atoms with Crippen LogP contribution in [0.2, 0.25) is 0 Å². The maximum absolute atomic E-state index is 13.6. The largest absolute Gasteiger partial charge is 0.491 e. The normalized spacial score (nSPS) is 11.5. The number of amides is 3. The van der Waals surface area contributed by atoms with Crippen LogP contribution in [0.1, 0.15) is 31.2 Å².